The lowest BCUT2D eigenvalue weighted by Gasteiger charge is -2.29. The molecule has 0 unspecified atom stereocenters. The molecular formula is C22H19Cl2N3O2. The summed E-state index contributed by atoms with van der Waals surface area (Å²) in [6.45, 7) is 2.97. The molecule has 4 rings (SSSR count). The number of morpholine rings is 1. The monoisotopic (exact) mass is 427 g/mol. The summed E-state index contributed by atoms with van der Waals surface area (Å²) >= 11 is 12.6. The Balaban J connectivity index is 1.46. The number of ether oxygens (including phenoxy) is 1. The molecule has 0 saturated carbocycles. The van der Waals surface area contributed by atoms with Crippen LogP contribution in [0, 0.1) is 0 Å². The van der Waals surface area contributed by atoms with E-state index in [2.05, 4.69) is 15.2 Å². The van der Waals surface area contributed by atoms with Crippen LogP contribution in [0.15, 0.2) is 60.8 Å². The van der Waals surface area contributed by atoms with Crippen LogP contribution in [-0.4, -0.2) is 37.2 Å². The molecule has 0 aliphatic carbocycles. The minimum atomic E-state index is -0.251. The van der Waals surface area contributed by atoms with E-state index in [4.69, 9.17) is 27.9 Å². The fourth-order valence-electron chi connectivity index (χ4n) is 3.21. The summed E-state index contributed by atoms with van der Waals surface area (Å²) in [6, 6.07) is 16.5. The van der Waals surface area contributed by atoms with Crippen LogP contribution in [0.5, 0.6) is 0 Å². The van der Waals surface area contributed by atoms with E-state index in [0.29, 0.717) is 40.2 Å². The van der Waals surface area contributed by atoms with Crippen molar-refractivity contribution in [3.8, 4) is 11.3 Å². The van der Waals surface area contributed by atoms with Crippen molar-refractivity contribution in [1.82, 2.24) is 4.98 Å². The van der Waals surface area contributed by atoms with Gasteiger partial charge in [0.1, 0.15) is 0 Å². The highest BCUT2D eigenvalue weighted by Gasteiger charge is 2.15. The molecule has 1 aliphatic rings. The van der Waals surface area contributed by atoms with Gasteiger partial charge in [0.25, 0.3) is 5.91 Å². The van der Waals surface area contributed by atoms with Crippen LogP contribution >= 0.6 is 23.2 Å². The normalized spacial score (nSPS) is 13.9. The van der Waals surface area contributed by atoms with Gasteiger partial charge in [-0.2, -0.15) is 0 Å². The van der Waals surface area contributed by atoms with Crippen molar-refractivity contribution in [2.45, 2.75) is 0 Å². The van der Waals surface area contributed by atoms with Gasteiger partial charge in [-0.3, -0.25) is 9.78 Å². The van der Waals surface area contributed by atoms with Crippen molar-refractivity contribution >= 4 is 40.5 Å². The summed E-state index contributed by atoms with van der Waals surface area (Å²) < 4.78 is 5.37. The Labute approximate surface area is 179 Å². The third-order valence-corrected chi connectivity index (χ3v) is 5.37. The molecule has 2 aromatic carbocycles. The van der Waals surface area contributed by atoms with Gasteiger partial charge in [-0.25, -0.2) is 0 Å². The van der Waals surface area contributed by atoms with E-state index in [9.17, 15) is 4.79 Å². The second kappa shape index (κ2) is 8.82. The van der Waals surface area contributed by atoms with E-state index in [1.165, 1.54) is 6.20 Å². The van der Waals surface area contributed by atoms with Crippen LogP contribution in [0.1, 0.15) is 10.4 Å². The van der Waals surface area contributed by atoms with Crippen LogP contribution < -0.4 is 10.2 Å². The number of halogens is 2. The summed E-state index contributed by atoms with van der Waals surface area (Å²) in [5, 5.41) is 4.08. The average Bonchev–Trinajstić information content (AvgIpc) is 2.75. The van der Waals surface area contributed by atoms with Crippen LogP contribution in [0.25, 0.3) is 11.3 Å². The molecule has 0 radical (unpaired) electrons. The largest absolute Gasteiger partial charge is 0.378 e. The Morgan fingerprint density at radius 3 is 2.48 bits per heavy atom. The zero-order valence-corrected chi connectivity index (χ0v) is 17.1. The fourth-order valence-corrected chi connectivity index (χ4v) is 3.74. The fraction of sp³-hybridized carbons (Fsp3) is 0.182. The second-order valence-corrected chi connectivity index (χ2v) is 7.45. The Morgan fingerprint density at radius 2 is 1.79 bits per heavy atom. The number of carbonyl (C=O) groups excluding carboxylic acids is 1. The van der Waals surface area contributed by atoms with Crippen LogP contribution in [0.4, 0.5) is 11.4 Å². The van der Waals surface area contributed by atoms with Gasteiger partial charge in [0.15, 0.2) is 0 Å². The number of hydrogen-bond acceptors (Lipinski definition) is 4. The quantitative estimate of drug-likeness (QED) is 0.625. The summed E-state index contributed by atoms with van der Waals surface area (Å²) in [4.78, 5) is 19.1. The zero-order valence-electron chi connectivity index (χ0n) is 15.6. The van der Waals surface area contributed by atoms with Gasteiger partial charge in [0, 0.05) is 35.6 Å². The lowest BCUT2D eigenvalue weighted by molar-refractivity contribution is 0.102. The molecule has 0 spiro atoms. The SMILES string of the molecule is O=C(Nc1ccc(N2CCOCC2)c(Cl)c1)c1ccc(-c2ccccc2Cl)nc1. The van der Waals surface area contributed by atoms with Gasteiger partial charge in [-0.1, -0.05) is 41.4 Å². The Hall–Kier alpha value is -2.60. The van der Waals surface area contributed by atoms with E-state index >= 15 is 0 Å². The average molecular weight is 428 g/mol. The topological polar surface area (TPSA) is 54.5 Å². The molecule has 1 aliphatic heterocycles. The molecule has 0 bridgehead atoms. The zero-order chi connectivity index (χ0) is 20.2. The van der Waals surface area contributed by atoms with Gasteiger partial charge in [-0.05, 0) is 36.4 Å². The standard InChI is InChI=1S/C22H19Cl2N3O2/c23-18-4-2-1-3-17(18)20-7-5-15(14-25-20)22(28)26-16-6-8-21(19(24)13-16)27-9-11-29-12-10-27/h1-8,13-14H,9-12H2,(H,26,28). The Morgan fingerprint density at radius 1 is 1.00 bits per heavy atom. The molecule has 1 N–H and O–H groups in total. The number of nitrogens with zero attached hydrogens (tertiary/aromatic N) is 2. The summed E-state index contributed by atoms with van der Waals surface area (Å²) in [7, 11) is 0. The molecular weight excluding hydrogens is 409 g/mol. The van der Waals surface area contributed by atoms with Gasteiger partial charge >= 0.3 is 0 Å². The highest BCUT2D eigenvalue weighted by Crippen LogP contribution is 2.30. The van der Waals surface area contributed by atoms with E-state index < -0.39 is 0 Å². The van der Waals surface area contributed by atoms with E-state index in [0.717, 1.165) is 24.3 Å². The summed E-state index contributed by atoms with van der Waals surface area (Å²) in [6.07, 6.45) is 1.54. The molecule has 2 heterocycles. The van der Waals surface area contributed by atoms with Crippen molar-refractivity contribution in [3.05, 3.63) is 76.4 Å². The van der Waals surface area contributed by atoms with Crippen molar-refractivity contribution in [2.75, 3.05) is 36.5 Å². The number of nitrogens with one attached hydrogen (secondary N) is 1. The molecule has 148 valence electrons. The highest BCUT2D eigenvalue weighted by molar-refractivity contribution is 6.34. The van der Waals surface area contributed by atoms with E-state index in [-0.39, 0.29) is 5.91 Å². The molecule has 0 atom stereocenters. The van der Waals surface area contributed by atoms with Gasteiger partial charge in [-0.15, -0.1) is 0 Å². The Kier molecular flexibility index (Phi) is 6.00. The first-order valence-electron chi connectivity index (χ1n) is 9.26. The number of anilines is 2. The van der Waals surface area contributed by atoms with E-state index in [1.54, 1.807) is 18.2 Å². The minimum absolute atomic E-state index is 0.251. The van der Waals surface area contributed by atoms with Crippen LogP contribution in [0.2, 0.25) is 10.0 Å². The summed E-state index contributed by atoms with van der Waals surface area (Å²) in [5.41, 5.74) is 3.57. The van der Waals surface area contributed by atoms with Crippen molar-refractivity contribution in [2.24, 2.45) is 0 Å². The van der Waals surface area contributed by atoms with Crippen LogP contribution in [0.3, 0.4) is 0 Å². The van der Waals surface area contributed by atoms with E-state index in [1.807, 2.05) is 36.4 Å². The third kappa shape index (κ3) is 4.53. The first-order chi connectivity index (χ1) is 14.1. The number of rotatable bonds is 4. The molecule has 1 aromatic heterocycles. The molecule has 29 heavy (non-hydrogen) atoms. The number of hydrogen-bond donors (Lipinski definition) is 1. The third-order valence-electron chi connectivity index (χ3n) is 4.73. The molecule has 1 amide bonds. The number of amides is 1. The number of carbonyl (C=O) groups is 1. The maximum atomic E-state index is 12.6. The minimum Gasteiger partial charge on any atom is -0.378 e. The predicted octanol–water partition coefficient (Wildman–Crippen LogP) is 5.14. The van der Waals surface area contributed by atoms with Gasteiger partial charge < -0.3 is 15.0 Å². The highest BCUT2D eigenvalue weighted by atomic mass is 35.5. The van der Waals surface area contributed by atoms with Gasteiger partial charge in [0.05, 0.1) is 35.2 Å². The lowest BCUT2D eigenvalue weighted by atomic mass is 10.1. The van der Waals surface area contributed by atoms with Crippen LogP contribution in [-0.2, 0) is 4.74 Å². The van der Waals surface area contributed by atoms with Gasteiger partial charge in [0.2, 0.25) is 0 Å². The predicted molar refractivity (Wildman–Crippen MR) is 117 cm³/mol. The van der Waals surface area contributed by atoms with Crippen molar-refractivity contribution in [1.29, 1.82) is 0 Å². The lowest BCUT2D eigenvalue weighted by Crippen LogP contribution is -2.36. The first-order valence-corrected chi connectivity index (χ1v) is 10.0. The molecule has 1 fully saturated rings. The summed E-state index contributed by atoms with van der Waals surface area (Å²) in [5.74, 6) is -0.251. The van der Waals surface area contributed by atoms with Crippen molar-refractivity contribution < 1.29 is 9.53 Å². The number of pyridine rings is 1. The Bertz CT molecular complexity index is 1020. The number of aromatic nitrogens is 1. The maximum Gasteiger partial charge on any atom is 0.257 e. The van der Waals surface area contributed by atoms with Crippen molar-refractivity contribution in [3.63, 3.8) is 0 Å². The molecule has 1 saturated heterocycles. The number of benzene rings is 2. The first kappa shape index (κ1) is 19.7. The second-order valence-electron chi connectivity index (χ2n) is 6.63. The smallest absolute Gasteiger partial charge is 0.257 e. The molecule has 7 heteroatoms. The maximum absolute atomic E-state index is 12.6. The molecule has 5 nitrogen and oxygen atoms in total. The molecule has 3 aromatic rings.